The van der Waals surface area contributed by atoms with Crippen molar-refractivity contribution >= 4 is 29.9 Å². The zero-order chi connectivity index (χ0) is 15.1. The molecule has 0 radical (unpaired) electrons. The number of aliphatic hydroxyl groups is 1. The third-order valence-corrected chi connectivity index (χ3v) is 4.17. The van der Waals surface area contributed by atoms with Gasteiger partial charge in [-0.1, -0.05) is 50.5 Å². The summed E-state index contributed by atoms with van der Waals surface area (Å²) in [6, 6.07) is 8.05. The lowest BCUT2D eigenvalue weighted by atomic mass is 9.96. The van der Waals surface area contributed by atoms with Gasteiger partial charge in [0.05, 0.1) is 6.54 Å². The minimum Gasteiger partial charge on any atom is -0.383 e. The maximum atomic E-state index is 10.7. The first-order valence-corrected chi connectivity index (χ1v) is 8.00. The van der Waals surface area contributed by atoms with Crippen molar-refractivity contribution in [2.45, 2.75) is 51.0 Å². The van der Waals surface area contributed by atoms with Crippen LogP contribution in [0.15, 0.2) is 29.3 Å². The molecule has 1 aliphatic carbocycles. The second kappa shape index (κ2) is 9.35. The fourth-order valence-corrected chi connectivity index (χ4v) is 2.87. The quantitative estimate of drug-likeness (QED) is 0.277. The van der Waals surface area contributed by atoms with Crippen LogP contribution in [0.25, 0.3) is 0 Å². The summed E-state index contributed by atoms with van der Waals surface area (Å²) in [5, 5.41) is 13.9. The van der Waals surface area contributed by atoms with Crippen LogP contribution in [-0.2, 0) is 12.0 Å². The van der Waals surface area contributed by atoms with Gasteiger partial charge in [0.15, 0.2) is 5.96 Å². The second-order valence-corrected chi connectivity index (χ2v) is 5.88. The summed E-state index contributed by atoms with van der Waals surface area (Å²) in [6.07, 6.45) is 6.45. The Morgan fingerprint density at radius 1 is 1.32 bits per heavy atom. The summed E-state index contributed by atoms with van der Waals surface area (Å²) in [5.74, 6) is 0.435. The lowest BCUT2D eigenvalue weighted by molar-refractivity contribution is 0.0486. The summed E-state index contributed by atoms with van der Waals surface area (Å²) < 4.78 is 0. The number of guanidine groups is 1. The van der Waals surface area contributed by atoms with Crippen LogP contribution in [0, 0.1) is 0 Å². The number of nitrogens with two attached hydrogens (primary N) is 1. The monoisotopic (exact) mass is 417 g/mol. The molecule has 0 heterocycles. The third kappa shape index (κ3) is 5.12. The van der Waals surface area contributed by atoms with Gasteiger partial charge in [-0.25, -0.2) is 0 Å². The normalized spacial score (nSPS) is 20.4. The molecule has 0 saturated carbocycles. The fraction of sp³-hybridized carbons (Fsp3) is 0.588. The molecule has 22 heavy (non-hydrogen) atoms. The van der Waals surface area contributed by atoms with Gasteiger partial charge in [-0.15, -0.1) is 24.0 Å². The standard InChI is InChI=1S/C17H27N3O.HI/c1-2-3-4-7-12-19-16(18)20-13-17(21)11-10-14-8-5-6-9-15(14)17;/h5-6,8-9,21H,2-4,7,10-13H2,1H3,(H3,18,19,20);1H. The van der Waals surface area contributed by atoms with Crippen molar-refractivity contribution in [2.75, 3.05) is 13.1 Å². The van der Waals surface area contributed by atoms with E-state index in [1.54, 1.807) is 0 Å². The first kappa shape index (κ1) is 19.2. The summed E-state index contributed by atoms with van der Waals surface area (Å²) in [6.45, 7) is 3.38. The molecule has 5 heteroatoms. The zero-order valence-corrected chi connectivity index (χ0v) is 15.7. The average molecular weight is 417 g/mol. The molecule has 1 unspecified atom stereocenters. The molecule has 124 valence electrons. The van der Waals surface area contributed by atoms with Crippen molar-refractivity contribution < 1.29 is 5.11 Å². The van der Waals surface area contributed by atoms with Crippen LogP contribution in [0.4, 0.5) is 0 Å². The fourth-order valence-electron chi connectivity index (χ4n) is 2.87. The highest BCUT2D eigenvalue weighted by Gasteiger charge is 2.36. The number of unbranched alkanes of at least 4 members (excludes halogenated alkanes) is 3. The van der Waals surface area contributed by atoms with E-state index in [1.807, 2.05) is 18.2 Å². The van der Waals surface area contributed by atoms with Crippen molar-refractivity contribution in [3.63, 3.8) is 0 Å². The number of aryl methyl sites for hydroxylation is 1. The van der Waals surface area contributed by atoms with Gasteiger partial charge in [0.1, 0.15) is 5.60 Å². The Bertz CT molecular complexity index is 493. The number of hydrogen-bond donors (Lipinski definition) is 3. The van der Waals surface area contributed by atoms with Gasteiger partial charge in [0, 0.05) is 6.54 Å². The molecule has 1 aliphatic rings. The van der Waals surface area contributed by atoms with Gasteiger partial charge in [-0.3, -0.25) is 4.99 Å². The summed E-state index contributed by atoms with van der Waals surface area (Å²) >= 11 is 0. The number of halogens is 1. The van der Waals surface area contributed by atoms with Crippen LogP contribution in [0.2, 0.25) is 0 Å². The number of aliphatic imine (C=N–C) groups is 1. The van der Waals surface area contributed by atoms with Crippen molar-refractivity contribution in [1.82, 2.24) is 5.32 Å². The van der Waals surface area contributed by atoms with E-state index in [0.29, 0.717) is 12.5 Å². The number of fused-ring (bicyclic) bond motifs is 1. The van der Waals surface area contributed by atoms with Gasteiger partial charge >= 0.3 is 0 Å². The molecule has 0 spiro atoms. The van der Waals surface area contributed by atoms with Gasteiger partial charge in [0.25, 0.3) is 0 Å². The Hall–Kier alpha value is -0.820. The van der Waals surface area contributed by atoms with Crippen LogP contribution in [0.3, 0.4) is 0 Å². The summed E-state index contributed by atoms with van der Waals surface area (Å²) in [4.78, 5) is 4.33. The van der Waals surface area contributed by atoms with E-state index in [0.717, 1.165) is 31.4 Å². The molecule has 1 aromatic carbocycles. The van der Waals surface area contributed by atoms with E-state index in [9.17, 15) is 5.11 Å². The van der Waals surface area contributed by atoms with E-state index >= 15 is 0 Å². The summed E-state index contributed by atoms with van der Waals surface area (Å²) in [5.41, 5.74) is 7.24. The van der Waals surface area contributed by atoms with E-state index in [2.05, 4.69) is 23.3 Å². The van der Waals surface area contributed by atoms with Crippen molar-refractivity contribution in [2.24, 2.45) is 10.7 Å². The number of rotatable bonds is 7. The lowest BCUT2D eigenvalue weighted by Gasteiger charge is -2.22. The second-order valence-electron chi connectivity index (χ2n) is 5.88. The maximum Gasteiger partial charge on any atom is 0.188 e. The first-order valence-electron chi connectivity index (χ1n) is 8.00. The van der Waals surface area contributed by atoms with Crippen molar-refractivity contribution in [3.05, 3.63) is 35.4 Å². The minimum absolute atomic E-state index is 0. The Labute approximate surface area is 150 Å². The lowest BCUT2D eigenvalue weighted by Crippen LogP contribution is -2.35. The highest BCUT2D eigenvalue weighted by atomic mass is 127. The Kier molecular flexibility index (Phi) is 8.17. The number of hydrogen-bond acceptors (Lipinski definition) is 2. The predicted molar refractivity (Wildman–Crippen MR) is 103 cm³/mol. The van der Waals surface area contributed by atoms with Crippen molar-refractivity contribution in [3.8, 4) is 0 Å². The van der Waals surface area contributed by atoms with E-state index < -0.39 is 5.60 Å². The zero-order valence-electron chi connectivity index (χ0n) is 13.3. The smallest absolute Gasteiger partial charge is 0.188 e. The predicted octanol–water partition coefficient (Wildman–Crippen LogP) is 2.92. The summed E-state index contributed by atoms with van der Waals surface area (Å²) in [7, 11) is 0. The molecule has 0 amide bonds. The SMILES string of the molecule is CCCCCCNC(N)=NCC1(O)CCc2ccccc21.I. The van der Waals surface area contributed by atoms with Crippen molar-refractivity contribution in [1.29, 1.82) is 0 Å². The number of nitrogens with zero attached hydrogens (tertiary/aromatic N) is 1. The molecule has 2 rings (SSSR count). The van der Waals surface area contributed by atoms with E-state index in [4.69, 9.17) is 5.73 Å². The van der Waals surface area contributed by atoms with Gasteiger partial charge in [0.2, 0.25) is 0 Å². The van der Waals surface area contributed by atoms with Crippen LogP contribution >= 0.6 is 24.0 Å². The molecule has 4 N–H and O–H groups in total. The third-order valence-electron chi connectivity index (χ3n) is 4.17. The molecule has 4 nitrogen and oxygen atoms in total. The Morgan fingerprint density at radius 3 is 2.86 bits per heavy atom. The van der Waals surface area contributed by atoms with Crippen LogP contribution in [-0.4, -0.2) is 24.2 Å². The number of benzene rings is 1. The molecule has 0 aromatic heterocycles. The molecule has 0 bridgehead atoms. The molecule has 1 atom stereocenters. The highest BCUT2D eigenvalue weighted by Crippen LogP contribution is 2.36. The largest absolute Gasteiger partial charge is 0.383 e. The Balaban J connectivity index is 0.00000242. The van der Waals surface area contributed by atoms with Gasteiger partial charge < -0.3 is 16.2 Å². The molecule has 1 aromatic rings. The average Bonchev–Trinajstić information content (AvgIpc) is 2.84. The van der Waals surface area contributed by atoms with E-state index in [-0.39, 0.29) is 24.0 Å². The van der Waals surface area contributed by atoms with Crippen LogP contribution in [0.1, 0.15) is 50.2 Å². The van der Waals surface area contributed by atoms with E-state index in [1.165, 1.54) is 24.8 Å². The molecule has 0 saturated heterocycles. The first-order chi connectivity index (χ1) is 10.2. The van der Waals surface area contributed by atoms with Gasteiger partial charge in [-0.05, 0) is 30.4 Å². The number of nitrogens with one attached hydrogen (secondary N) is 1. The Morgan fingerprint density at radius 2 is 2.09 bits per heavy atom. The molecule has 0 aliphatic heterocycles. The minimum atomic E-state index is -0.856. The molecular weight excluding hydrogens is 389 g/mol. The molecule has 0 fully saturated rings. The highest BCUT2D eigenvalue weighted by molar-refractivity contribution is 14.0. The van der Waals surface area contributed by atoms with Crippen LogP contribution < -0.4 is 11.1 Å². The van der Waals surface area contributed by atoms with Crippen LogP contribution in [0.5, 0.6) is 0 Å². The maximum absolute atomic E-state index is 10.7. The molecular formula is C17H28IN3O. The topological polar surface area (TPSA) is 70.6 Å². The van der Waals surface area contributed by atoms with Gasteiger partial charge in [-0.2, -0.15) is 0 Å².